The van der Waals surface area contributed by atoms with Gasteiger partial charge in [-0.2, -0.15) is 4.31 Å². The number of nitrogens with one attached hydrogen (secondary N) is 2. The van der Waals surface area contributed by atoms with Crippen LogP contribution in [0, 0.1) is 0 Å². The van der Waals surface area contributed by atoms with E-state index in [1.807, 2.05) is 0 Å². The van der Waals surface area contributed by atoms with Crippen molar-refractivity contribution in [3.05, 3.63) is 77.9 Å². The van der Waals surface area contributed by atoms with Crippen molar-refractivity contribution in [3.8, 4) is 11.5 Å². The molecule has 2 amide bonds. The Bertz CT molecular complexity index is 1400. The van der Waals surface area contributed by atoms with Crippen molar-refractivity contribution in [2.45, 2.75) is 30.6 Å². The van der Waals surface area contributed by atoms with Crippen molar-refractivity contribution < 1.29 is 27.5 Å². The summed E-state index contributed by atoms with van der Waals surface area (Å²) in [4.78, 5) is 25.9. The molecule has 200 valence electrons. The summed E-state index contributed by atoms with van der Waals surface area (Å²) in [7, 11) is -0.795. The molecule has 2 N–H and O–H groups in total. The van der Waals surface area contributed by atoms with Gasteiger partial charge in [0.2, 0.25) is 10.0 Å². The topological polar surface area (TPSA) is 114 Å². The van der Waals surface area contributed by atoms with Crippen LogP contribution in [0.5, 0.6) is 11.5 Å². The van der Waals surface area contributed by atoms with Crippen molar-refractivity contribution >= 4 is 33.2 Å². The third-order valence-electron chi connectivity index (χ3n) is 6.38. The van der Waals surface area contributed by atoms with Crippen LogP contribution in [-0.4, -0.2) is 51.8 Å². The molecule has 0 aromatic heterocycles. The molecular weight excluding hydrogens is 506 g/mol. The fourth-order valence-electron chi connectivity index (χ4n) is 4.30. The van der Waals surface area contributed by atoms with Crippen LogP contribution in [0.1, 0.15) is 46.4 Å². The van der Waals surface area contributed by atoms with E-state index in [0.29, 0.717) is 35.8 Å². The lowest BCUT2D eigenvalue weighted by Crippen LogP contribution is -2.32. The van der Waals surface area contributed by atoms with E-state index in [1.165, 1.54) is 36.7 Å². The van der Waals surface area contributed by atoms with Crippen molar-refractivity contribution in [2.24, 2.45) is 0 Å². The Hall–Kier alpha value is -3.89. The van der Waals surface area contributed by atoms with E-state index in [0.717, 1.165) is 25.7 Å². The van der Waals surface area contributed by atoms with Gasteiger partial charge in [0.25, 0.3) is 11.8 Å². The predicted octanol–water partition coefficient (Wildman–Crippen LogP) is 4.77. The van der Waals surface area contributed by atoms with E-state index in [1.54, 1.807) is 48.5 Å². The van der Waals surface area contributed by atoms with Gasteiger partial charge in [0.1, 0.15) is 11.5 Å². The number of hydrogen-bond donors (Lipinski definition) is 2. The minimum absolute atomic E-state index is 0.0497. The second kappa shape index (κ2) is 12.1. The maximum Gasteiger partial charge on any atom is 0.259 e. The normalized spacial score (nSPS) is 14.3. The molecule has 4 rings (SSSR count). The third kappa shape index (κ3) is 6.15. The van der Waals surface area contributed by atoms with Gasteiger partial charge in [0, 0.05) is 24.3 Å². The second-order valence-corrected chi connectivity index (χ2v) is 10.8. The number of benzene rings is 3. The number of carbonyl (C=O) groups is 2. The lowest BCUT2D eigenvalue weighted by molar-refractivity contribution is 0.101. The monoisotopic (exact) mass is 537 g/mol. The molecule has 0 aliphatic carbocycles. The second-order valence-electron chi connectivity index (χ2n) is 8.87. The third-order valence-corrected chi connectivity index (χ3v) is 8.27. The molecule has 0 atom stereocenters. The van der Waals surface area contributed by atoms with Crippen molar-refractivity contribution in [3.63, 3.8) is 0 Å². The number of sulfonamides is 1. The zero-order valence-electron chi connectivity index (χ0n) is 21.4. The maximum atomic E-state index is 13.3. The minimum Gasteiger partial charge on any atom is -0.496 e. The molecule has 38 heavy (non-hydrogen) atoms. The van der Waals surface area contributed by atoms with Crippen LogP contribution >= 0.6 is 0 Å². The van der Waals surface area contributed by atoms with E-state index >= 15 is 0 Å². The SMILES string of the molecule is COc1ccccc1NC(=O)c1ccc(NC(=O)c2cc(S(=O)(=O)N3CCCCCC3)ccc2OC)cc1. The highest BCUT2D eigenvalue weighted by molar-refractivity contribution is 7.89. The summed E-state index contributed by atoms with van der Waals surface area (Å²) in [5.41, 5.74) is 1.46. The summed E-state index contributed by atoms with van der Waals surface area (Å²) in [5, 5.41) is 5.56. The number of ether oxygens (including phenoxy) is 2. The van der Waals surface area contributed by atoms with Gasteiger partial charge in [-0.3, -0.25) is 9.59 Å². The smallest absolute Gasteiger partial charge is 0.259 e. The van der Waals surface area contributed by atoms with Gasteiger partial charge in [-0.05, 0) is 67.4 Å². The minimum atomic E-state index is -3.74. The van der Waals surface area contributed by atoms with Gasteiger partial charge in [-0.25, -0.2) is 8.42 Å². The number of para-hydroxylation sites is 2. The fourth-order valence-corrected chi connectivity index (χ4v) is 5.85. The predicted molar refractivity (Wildman–Crippen MR) is 146 cm³/mol. The van der Waals surface area contributed by atoms with Gasteiger partial charge in [0.15, 0.2) is 0 Å². The van der Waals surface area contributed by atoms with Gasteiger partial charge in [0.05, 0.1) is 30.4 Å². The van der Waals surface area contributed by atoms with Gasteiger partial charge in [-0.15, -0.1) is 0 Å². The number of hydrogen-bond acceptors (Lipinski definition) is 6. The average molecular weight is 538 g/mol. The van der Waals surface area contributed by atoms with Gasteiger partial charge in [-0.1, -0.05) is 25.0 Å². The molecule has 9 nitrogen and oxygen atoms in total. The standard InChI is InChI=1S/C28H31N3O6S/c1-36-25-16-15-22(38(34,35)31-17-7-3-4-8-18-31)19-23(25)28(33)29-21-13-11-20(12-14-21)27(32)30-24-9-5-6-10-26(24)37-2/h5-6,9-16,19H,3-4,7-8,17-18H2,1-2H3,(H,29,33)(H,30,32). The van der Waals surface area contributed by atoms with E-state index in [-0.39, 0.29) is 22.1 Å². The number of nitrogens with zero attached hydrogens (tertiary/aromatic N) is 1. The van der Waals surface area contributed by atoms with Gasteiger partial charge < -0.3 is 20.1 Å². The van der Waals surface area contributed by atoms with E-state index < -0.39 is 15.9 Å². The van der Waals surface area contributed by atoms with Crippen molar-refractivity contribution in [2.75, 3.05) is 37.9 Å². The largest absolute Gasteiger partial charge is 0.496 e. The van der Waals surface area contributed by atoms with Gasteiger partial charge >= 0.3 is 0 Å². The molecule has 0 radical (unpaired) electrons. The molecule has 0 unspecified atom stereocenters. The van der Waals surface area contributed by atoms with Crippen LogP contribution in [0.25, 0.3) is 0 Å². The maximum absolute atomic E-state index is 13.3. The van der Waals surface area contributed by atoms with Crippen LogP contribution in [0.15, 0.2) is 71.6 Å². The zero-order chi connectivity index (χ0) is 27.1. The molecule has 1 aliphatic rings. The molecule has 1 saturated heterocycles. The number of carbonyl (C=O) groups excluding carboxylic acids is 2. The molecule has 1 fully saturated rings. The number of amides is 2. The molecule has 10 heteroatoms. The van der Waals surface area contributed by atoms with Crippen molar-refractivity contribution in [1.82, 2.24) is 4.31 Å². The Labute approximate surface area is 222 Å². The first-order valence-corrected chi connectivity index (χ1v) is 13.8. The molecule has 3 aromatic carbocycles. The highest BCUT2D eigenvalue weighted by Gasteiger charge is 2.27. The highest BCUT2D eigenvalue weighted by Crippen LogP contribution is 2.27. The lowest BCUT2D eigenvalue weighted by Gasteiger charge is -2.20. The summed E-state index contributed by atoms with van der Waals surface area (Å²) in [6.07, 6.45) is 3.64. The Morgan fingerprint density at radius 3 is 2.08 bits per heavy atom. The van der Waals surface area contributed by atoms with Crippen LogP contribution in [0.4, 0.5) is 11.4 Å². The van der Waals surface area contributed by atoms with Crippen LogP contribution < -0.4 is 20.1 Å². The van der Waals surface area contributed by atoms with Crippen LogP contribution in [-0.2, 0) is 10.0 Å². The summed E-state index contributed by atoms with van der Waals surface area (Å²) < 4.78 is 38.6. The fraction of sp³-hybridized carbons (Fsp3) is 0.286. The van der Waals surface area contributed by atoms with E-state index in [4.69, 9.17) is 9.47 Å². The highest BCUT2D eigenvalue weighted by atomic mass is 32.2. The first-order valence-electron chi connectivity index (χ1n) is 12.4. The average Bonchev–Trinajstić information content (AvgIpc) is 3.24. The molecule has 0 bridgehead atoms. The molecule has 1 heterocycles. The first-order chi connectivity index (χ1) is 18.3. The number of rotatable bonds is 8. The summed E-state index contributed by atoms with van der Waals surface area (Å²) in [6, 6.07) is 17.7. The zero-order valence-corrected chi connectivity index (χ0v) is 22.2. The molecule has 0 spiro atoms. The quantitative estimate of drug-likeness (QED) is 0.428. The number of anilines is 2. The summed E-state index contributed by atoms with van der Waals surface area (Å²) >= 11 is 0. The number of methoxy groups -OCH3 is 2. The molecule has 3 aromatic rings. The molecule has 0 saturated carbocycles. The van der Waals surface area contributed by atoms with E-state index in [9.17, 15) is 18.0 Å². The Morgan fingerprint density at radius 2 is 1.42 bits per heavy atom. The van der Waals surface area contributed by atoms with Crippen LogP contribution in [0.3, 0.4) is 0 Å². The lowest BCUT2D eigenvalue weighted by atomic mass is 10.1. The Kier molecular flexibility index (Phi) is 8.65. The Morgan fingerprint density at radius 1 is 0.763 bits per heavy atom. The Balaban J connectivity index is 1.50. The molecular formula is C28H31N3O6S. The van der Waals surface area contributed by atoms with Crippen LogP contribution in [0.2, 0.25) is 0 Å². The summed E-state index contributed by atoms with van der Waals surface area (Å²) in [6.45, 7) is 0.930. The summed E-state index contributed by atoms with van der Waals surface area (Å²) in [5.74, 6) is -0.0645. The molecule has 1 aliphatic heterocycles. The van der Waals surface area contributed by atoms with E-state index in [2.05, 4.69) is 10.6 Å². The van der Waals surface area contributed by atoms with Crippen molar-refractivity contribution in [1.29, 1.82) is 0 Å². The first kappa shape index (κ1) is 27.2.